The maximum Gasteiger partial charge on any atom is 0.269 e. The summed E-state index contributed by atoms with van der Waals surface area (Å²) >= 11 is 5.12. The predicted octanol–water partition coefficient (Wildman–Crippen LogP) is 1.59. The maximum absolute atomic E-state index is 12.1. The fraction of sp³-hybridized carbons (Fsp3) is 0.467. The summed E-state index contributed by atoms with van der Waals surface area (Å²) in [6, 6.07) is 5.70. The van der Waals surface area contributed by atoms with Crippen molar-refractivity contribution >= 4 is 23.2 Å². The number of aryl methyl sites for hydroxylation is 2. The number of amides is 1. The maximum atomic E-state index is 12.1. The Kier molecular flexibility index (Phi) is 5.52. The third-order valence-corrected chi connectivity index (χ3v) is 3.68. The van der Waals surface area contributed by atoms with Gasteiger partial charge in [0.1, 0.15) is 0 Å². The Labute approximate surface area is 130 Å². The second-order valence-electron chi connectivity index (χ2n) is 5.24. The van der Waals surface area contributed by atoms with Gasteiger partial charge < -0.3 is 10.1 Å². The van der Waals surface area contributed by atoms with Crippen LogP contribution in [0, 0.1) is 13.8 Å². The lowest BCUT2D eigenvalue weighted by atomic mass is 10.1. The van der Waals surface area contributed by atoms with E-state index in [0.29, 0.717) is 17.2 Å². The normalized spacial score (nSPS) is 17.3. The zero-order valence-electron chi connectivity index (χ0n) is 12.4. The highest BCUT2D eigenvalue weighted by atomic mass is 32.1. The summed E-state index contributed by atoms with van der Waals surface area (Å²) in [5, 5.41) is 3.43. The highest BCUT2D eigenvalue weighted by molar-refractivity contribution is 7.80. The van der Waals surface area contributed by atoms with Crippen LogP contribution in [0.3, 0.4) is 0 Å². The molecule has 1 fully saturated rings. The number of carbonyl (C=O) groups is 1. The van der Waals surface area contributed by atoms with Crippen molar-refractivity contribution in [1.82, 2.24) is 16.2 Å². The molecule has 1 atom stereocenters. The Morgan fingerprint density at radius 3 is 2.86 bits per heavy atom. The summed E-state index contributed by atoms with van der Waals surface area (Å²) < 4.78 is 5.49. The van der Waals surface area contributed by atoms with E-state index < -0.39 is 0 Å². The monoisotopic (exact) mass is 307 g/mol. The van der Waals surface area contributed by atoms with Crippen LogP contribution in [0.25, 0.3) is 0 Å². The number of carbonyl (C=O) groups excluding carboxylic acids is 1. The van der Waals surface area contributed by atoms with Gasteiger partial charge in [-0.25, -0.2) is 0 Å². The van der Waals surface area contributed by atoms with E-state index >= 15 is 0 Å². The number of hydrogen-bond acceptors (Lipinski definition) is 3. The van der Waals surface area contributed by atoms with Crippen molar-refractivity contribution in [3.8, 4) is 0 Å². The molecule has 1 amide bonds. The zero-order valence-corrected chi connectivity index (χ0v) is 13.2. The fourth-order valence-electron chi connectivity index (χ4n) is 2.31. The predicted molar refractivity (Wildman–Crippen MR) is 86.1 cm³/mol. The second-order valence-corrected chi connectivity index (χ2v) is 5.65. The summed E-state index contributed by atoms with van der Waals surface area (Å²) in [6.07, 6.45) is 2.35. The van der Waals surface area contributed by atoms with Crippen LogP contribution < -0.4 is 16.2 Å². The van der Waals surface area contributed by atoms with Crippen LogP contribution in [0.15, 0.2) is 18.2 Å². The minimum absolute atomic E-state index is 0.200. The first kappa shape index (κ1) is 15.7. The fourth-order valence-corrected chi connectivity index (χ4v) is 2.44. The van der Waals surface area contributed by atoms with E-state index in [0.717, 1.165) is 30.6 Å². The van der Waals surface area contributed by atoms with E-state index in [-0.39, 0.29) is 12.0 Å². The van der Waals surface area contributed by atoms with E-state index in [2.05, 4.69) is 16.2 Å². The number of hydrogen-bond donors (Lipinski definition) is 3. The highest BCUT2D eigenvalue weighted by Crippen LogP contribution is 2.11. The van der Waals surface area contributed by atoms with Crippen LogP contribution in [-0.4, -0.2) is 30.3 Å². The third kappa shape index (κ3) is 4.68. The van der Waals surface area contributed by atoms with Crippen molar-refractivity contribution in [3.05, 3.63) is 34.9 Å². The molecule has 1 aromatic rings. The van der Waals surface area contributed by atoms with Gasteiger partial charge in [0.25, 0.3) is 5.91 Å². The SMILES string of the molecule is Cc1ccc(C(=O)NNC(=S)NC[C@@H]2CCCO2)c(C)c1. The van der Waals surface area contributed by atoms with Crippen molar-refractivity contribution in [2.75, 3.05) is 13.2 Å². The third-order valence-electron chi connectivity index (χ3n) is 3.43. The quantitative estimate of drug-likeness (QED) is 0.585. The molecule has 0 radical (unpaired) electrons. The summed E-state index contributed by atoms with van der Waals surface area (Å²) in [4.78, 5) is 12.1. The van der Waals surface area contributed by atoms with Crippen LogP contribution in [0.1, 0.15) is 34.3 Å². The molecule has 3 N–H and O–H groups in total. The van der Waals surface area contributed by atoms with Gasteiger partial charge in [0, 0.05) is 18.7 Å². The molecule has 1 aliphatic heterocycles. The van der Waals surface area contributed by atoms with Crippen molar-refractivity contribution in [2.24, 2.45) is 0 Å². The van der Waals surface area contributed by atoms with E-state index in [4.69, 9.17) is 17.0 Å². The standard InChI is InChI=1S/C15H21N3O2S/c1-10-5-6-13(11(2)8-10)14(19)17-18-15(21)16-9-12-4-3-7-20-12/h5-6,8,12H,3-4,7,9H2,1-2H3,(H,17,19)(H2,16,18,21)/t12-/m0/s1. The molecule has 1 aliphatic rings. The van der Waals surface area contributed by atoms with Gasteiger partial charge in [0.15, 0.2) is 5.11 Å². The number of rotatable bonds is 3. The minimum atomic E-state index is -0.200. The van der Waals surface area contributed by atoms with E-state index in [9.17, 15) is 4.79 Å². The van der Waals surface area contributed by atoms with Gasteiger partial charge in [-0.1, -0.05) is 17.7 Å². The molecule has 1 aromatic carbocycles. The average Bonchev–Trinajstić information content (AvgIpc) is 2.95. The molecule has 114 valence electrons. The molecular weight excluding hydrogens is 286 g/mol. The molecule has 21 heavy (non-hydrogen) atoms. The van der Waals surface area contributed by atoms with Crippen molar-refractivity contribution < 1.29 is 9.53 Å². The first-order valence-electron chi connectivity index (χ1n) is 7.09. The van der Waals surface area contributed by atoms with Gasteiger partial charge in [0.2, 0.25) is 0 Å². The smallest absolute Gasteiger partial charge is 0.269 e. The first-order valence-corrected chi connectivity index (χ1v) is 7.50. The average molecular weight is 307 g/mol. The molecule has 0 unspecified atom stereocenters. The van der Waals surface area contributed by atoms with Crippen LogP contribution in [0.2, 0.25) is 0 Å². The lowest BCUT2D eigenvalue weighted by Gasteiger charge is -2.15. The Bertz CT molecular complexity index is 528. The molecule has 0 aromatic heterocycles. The second kappa shape index (κ2) is 7.38. The lowest BCUT2D eigenvalue weighted by molar-refractivity contribution is 0.0942. The summed E-state index contributed by atoms with van der Waals surface area (Å²) in [5.74, 6) is -0.200. The number of ether oxygens (including phenoxy) is 1. The van der Waals surface area contributed by atoms with Gasteiger partial charge in [-0.05, 0) is 50.5 Å². The van der Waals surface area contributed by atoms with Crippen LogP contribution in [0.4, 0.5) is 0 Å². The molecular formula is C15H21N3O2S. The van der Waals surface area contributed by atoms with Crippen LogP contribution in [0.5, 0.6) is 0 Å². The number of thiocarbonyl (C=S) groups is 1. The molecule has 1 heterocycles. The van der Waals surface area contributed by atoms with E-state index in [1.54, 1.807) is 0 Å². The molecule has 6 heteroatoms. The highest BCUT2D eigenvalue weighted by Gasteiger charge is 2.15. The van der Waals surface area contributed by atoms with Gasteiger partial charge in [-0.15, -0.1) is 0 Å². The molecule has 1 saturated heterocycles. The zero-order chi connectivity index (χ0) is 15.2. The number of benzene rings is 1. The first-order chi connectivity index (χ1) is 10.1. The van der Waals surface area contributed by atoms with Gasteiger partial charge >= 0.3 is 0 Å². The summed E-state index contributed by atoms with van der Waals surface area (Å²) in [7, 11) is 0. The van der Waals surface area contributed by atoms with Gasteiger partial charge in [-0.3, -0.25) is 15.6 Å². The molecule has 0 aliphatic carbocycles. The molecule has 2 rings (SSSR count). The Morgan fingerprint density at radius 2 is 2.19 bits per heavy atom. The molecule has 0 saturated carbocycles. The Morgan fingerprint density at radius 1 is 1.38 bits per heavy atom. The summed E-state index contributed by atoms with van der Waals surface area (Å²) in [6.45, 7) is 5.38. The van der Waals surface area contributed by atoms with Gasteiger partial charge in [0.05, 0.1) is 6.10 Å². The Hall–Kier alpha value is -1.66. The van der Waals surface area contributed by atoms with Crippen LogP contribution in [-0.2, 0) is 4.74 Å². The van der Waals surface area contributed by atoms with E-state index in [1.807, 2.05) is 32.0 Å². The van der Waals surface area contributed by atoms with Crippen LogP contribution >= 0.6 is 12.2 Å². The summed E-state index contributed by atoms with van der Waals surface area (Å²) in [5.41, 5.74) is 8.02. The molecule has 0 bridgehead atoms. The molecule has 5 nitrogen and oxygen atoms in total. The largest absolute Gasteiger partial charge is 0.376 e. The van der Waals surface area contributed by atoms with Crippen molar-refractivity contribution in [3.63, 3.8) is 0 Å². The minimum Gasteiger partial charge on any atom is -0.376 e. The van der Waals surface area contributed by atoms with Crippen molar-refractivity contribution in [2.45, 2.75) is 32.8 Å². The lowest BCUT2D eigenvalue weighted by Crippen LogP contribution is -2.48. The topological polar surface area (TPSA) is 62.4 Å². The number of hydrazine groups is 1. The molecule has 0 spiro atoms. The number of nitrogens with one attached hydrogen (secondary N) is 3. The van der Waals surface area contributed by atoms with E-state index in [1.165, 1.54) is 0 Å². The van der Waals surface area contributed by atoms with Crippen molar-refractivity contribution in [1.29, 1.82) is 0 Å². The van der Waals surface area contributed by atoms with Gasteiger partial charge in [-0.2, -0.15) is 0 Å². The Balaban J connectivity index is 1.76.